The largest absolute Gasteiger partial charge is 0.522 e. The first-order chi connectivity index (χ1) is 6.46. The lowest BCUT2D eigenvalue weighted by molar-refractivity contribution is -0.323. The Morgan fingerprint density at radius 1 is 1.00 bits per heavy atom. The first kappa shape index (κ1) is 14.7. The van der Waals surface area contributed by atoms with Gasteiger partial charge in [-0.05, 0) is 19.3 Å². The summed E-state index contributed by atoms with van der Waals surface area (Å²) >= 11 is 0. The molecule has 0 heterocycles. The summed E-state index contributed by atoms with van der Waals surface area (Å²) in [6, 6.07) is 0. The number of ether oxygens (including phenoxy) is 1. The van der Waals surface area contributed by atoms with E-state index in [1.54, 1.807) is 0 Å². The summed E-state index contributed by atoms with van der Waals surface area (Å²) < 4.78 is 38.7. The first-order valence-corrected chi connectivity index (χ1v) is 4.91. The van der Waals surface area contributed by atoms with Gasteiger partial charge >= 0.3 is 6.36 Å². The van der Waals surface area contributed by atoms with Gasteiger partial charge in [0.1, 0.15) is 0 Å². The number of rotatable bonds is 4. The zero-order chi connectivity index (χ0) is 12.3. The molecule has 0 bridgehead atoms. The maximum absolute atomic E-state index is 11.7. The molecule has 0 saturated carbocycles. The molecular formula is C10H20F3NO. The fourth-order valence-electron chi connectivity index (χ4n) is 0.795. The Hall–Kier alpha value is -0.290. The van der Waals surface area contributed by atoms with Gasteiger partial charge in [-0.1, -0.05) is 20.8 Å². The topological polar surface area (TPSA) is 21.3 Å². The summed E-state index contributed by atoms with van der Waals surface area (Å²) in [7, 11) is 0. The molecule has 0 fully saturated rings. The molecule has 0 rings (SSSR count). The fraction of sp³-hybridized carbons (Fsp3) is 1.00. The number of hydrogen-bond donors (Lipinski definition) is 1. The molecule has 0 amide bonds. The maximum atomic E-state index is 11.7. The van der Waals surface area contributed by atoms with Gasteiger partial charge < -0.3 is 5.32 Å². The van der Waals surface area contributed by atoms with E-state index in [2.05, 4.69) is 10.1 Å². The Bertz CT molecular complexity index is 194. The molecule has 1 N–H and O–H groups in total. The van der Waals surface area contributed by atoms with Gasteiger partial charge in [-0.2, -0.15) is 0 Å². The van der Waals surface area contributed by atoms with E-state index in [0.29, 0.717) is 0 Å². The van der Waals surface area contributed by atoms with Crippen LogP contribution in [-0.4, -0.2) is 25.1 Å². The monoisotopic (exact) mass is 227 g/mol. The highest BCUT2D eigenvalue weighted by atomic mass is 19.4. The first-order valence-electron chi connectivity index (χ1n) is 4.91. The van der Waals surface area contributed by atoms with Crippen LogP contribution in [0, 0.1) is 5.41 Å². The Morgan fingerprint density at radius 2 is 1.47 bits per heavy atom. The lowest BCUT2D eigenvalue weighted by Crippen LogP contribution is -2.51. The van der Waals surface area contributed by atoms with Crippen molar-refractivity contribution in [3.63, 3.8) is 0 Å². The molecule has 15 heavy (non-hydrogen) atoms. The minimum absolute atomic E-state index is 0.0226. The van der Waals surface area contributed by atoms with E-state index < -0.39 is 6.36 Å². The van der Waals surface area contributed by atoms with Crippen molar-refractivity contribution in [2.45, 2.75) is 46.5 Å². The molecule has 0 atom stereocenters. The van der Waals surface area contributed by atoms with Crippen LogP contribution in [0.1, 0.15) is 34.6 Å². The molecule has 2 nitrogen and oxygen atoms in total. The predicted molar refractivity (Wildman–Crippen MR) is 53.5 cm³/mol. The van der Waals surface area contributed by atoms with Crippen LogP contribution in [0.2, 0.25) is 0 Å². The quantitative estimate of drug-likeness (QED) is 0.745. The molecule has 0 spiro atoms. The van der Waals surface area contributed by atoms with E-state index >= 15 is 0 Å². The van der Waals surface area contributed by atoms with Crippen molar-refractivity contribution < 1.29 is 17.9 Å². The van der Waals surface area contributed by atoms with Crippen LogP contribution >= 0.6 is 0 Å². The van der Waals surface area contributed by atoms with Crippen LogP contribution < -0.4 is 5.32 Å². The van der Waals surface area contributed by atoms with Crippen molar-refractivity contribution in [1.29, 1.82) is 0 Å². The van der Waals surface area contributed by atoms with Crippen LogP contribution in [0.15, 0.2) is 0 Å². The van der Waals surface area contributed by atoms with Crippen molar-refractivity contribution in [2.75, 3.05) is 13.2 Å². The maximum Gasteiger partial charge on any atom is 0.522 e. The normalized spacial score (nSPS) is 14.4. The van der Waals surface area contributed by atoms with Crippen molar-refractivity contribution >= 4 is 0 Å². The summed E-state index contributed by atoms with van der Waals surface area (Å²) in [5.74, 6) is 0. The fourth-order valence-corrected chi connectivity index (χ4v) is 0.795. The lowest BCUT2D eigenvalue weighted by Gasteiger charge is -2.39. The van der Waals surface area contributed by atoms with Crippen molar-refractivity contribution in [3.8, 4) is 0 Å². The molecule has 0 radical (unpaired) electrons. The molecule has 0 saturated heterocycles. The highest BCUT2D eigenvalue weighted by Crippen LogP contribution is 2.29. The lowest BCUT2D eigenvalue weighted by atomic mass is 9.76. The van der Waals surface area contributed by atoms with Gasteiger partial charge in [0.2, 0.25) is 0 Å². The molecule has 5 heteroatoms. The third-order valence-electron chi connectivity index (χ3n) is 2.81. The van der Waals surface area contributed by atoms with Crippen LogP contribution in [0.4, 0.5) is 13.2 Å². The van der Waals surface area contributed by atoms with E-state index in [1.807, 2.05) is 34.6 Å². The van der Waals surface area contributed by atoms with Gasteiger partial charge in [0.15, 0.2) is 0 Å². The van der Waals surface area contributed by atoms with E-state index in [4.69, 9.17) is 0 Å². The predicted octanol–water partition coefficient (Wildman–Crippen LogP) is 2.94. The van der Waals surface area contributed by atoms with Crippen LogP contribution in [0.3, 0.4) is 0 Å². The smallest absolute Gasteiger partial charge is 0.309 e. The van der Waals surface area contributed by atoms with E-state index in [1.165, 1.54) is 0 Å². The van der Waals surface area contributed by atoms with Crippen molar-refractivity contribution in [2.24, 2.45) is 5.41 Å². The highest BCUT2D eigenvalue weighted by Gasteiger charge is 2.33. The Morgan fingerprint density at radius 3 is 1.80 bits per heavy atom. The minimum Gasteiger partial charge on any atom is -0.309 e. The second-order valence-electron chi connectivity index (χ2n) is 5.10. The summed E-state index contributed by atoms with van der Waals surface area (Å²) in [5, 5.41) is 3.05. The van der Waals surface area contributed by atoms with Crippen LogP contribution in [0.5, 0.6) is 0 Å². The number of nitrogens with one attached hydrogen (secondary N) is 1. The second-order valence-corrected chi connectivity index (χ2v) is 5.10. The average Bonchev–Trinajstić information content (AvgIpc) is 1.94. The van der Waals surface area contributed by atoms with Gasteiger partial charge in [0.25, 0.3) is 0 Å². The summed E-state index contributed by atoms with van der Waals surface area (Å²) in [6.45, 7) is 9.84. The average molecular weight is 227 g/mol. The highest BCUT2D eigenvalue weighted by molar-refractivity contribution is 4.89. The summed E-state index contributed by atoms with van der Waals surface area (Å²) in [4.78, 5) is 0. The standard InChI is InChI=1S/C10H20F3NO/c1-8(2,3)9(4,5)14-6-7-15-10(11,12)13/h14H,6-7H2,1-5H3. The molecular weight excluding hydrogens is 207 g/mol. The molecule has 0 aliphatic carbocycles. The van der Waals surface area contributed by atoms with Crippen molar-refractivity contribution in [3.05, 3.63) is 0 Å². The van der Waals surface area contributed by atoms with E-state index in [-0.39, 0.29) is 24.1 Å². The zero-order valence-corrected chi connectivity index (χ0v) is 9.96. The van der Waals surface area contributed by atoms with Crippen LogP contribution in [0.25, 0.3) is 0 Å². The molecule has 0 aromatic heterocycles. The number of alkyl halides is 3. The Labute approximate surface area is 89.2 Å². The van der Waals surface area contributed by atoms with E-state index in [9.17, 15) is 13.2 Å². The van der Waals surface area contributed by atoms with Gasteiger partial charge in [-0.25, -0.2) is 0 Å². The molecule has 0 unspecified atom stereocenters. The molecule has 0 aliphatic rings. The van der Waals surface area contributed by atoms with Crippen molar-refractivity contribution in [1.82, 2.24) is 5.32 Å². The number of halogens is 3. The third-order valence-corrected chi connectivity index (χ3v) is 2.81. The minimum atomic E-state index is -4.53. The second kappa shape index (κ2) is 4.70. The van der Waals surface area contributed by atoms with Gasteiger partial charge in [0, 0.05) is 12.1 Å². The zero-order valence-electron chi connectivity index (χ0n) is 9.96. The van der Waals surface area contributed by atoms with E-state index in [0.717, 1.165) is 0 Å². The van der Waals surface area contributed by atoms with Crippen LogP contribution in [-0.2, 0) is 4.74 Å². The Kier molecular flexibility index (Phi) is 4.61. The van der Waals surface area contributed by atoms with Gasteiger partial charge in [-0.3, -0.25) is 4.74 Å². The summed E-state index contributed by atoms with van der Waals surface area (Å²) in [6.07, 6.45) is -4.53. The SMILES string of the molecule is CC(C)(C)C(C)(C)NCCOC(F)(F)F. The molecule has 92 valence electrons. The molecule has 0 aromatic rings. The van der Waals surface area contributed by atoms with Gasteiger partial charge in [-0.15, -0.1) is 13.2 Å². The number of hydrogen-bond acceptors (Lipinski definition) is 2. The molecule has 0 aliphatic heterocycles. The molecule has 0 aromatic carbocycles. The third kappa shape index (κ3) is 5.99. The Balaban J connectivity index is 3.87. The summed E-state index contributed by atoms with van der Waals surface area (Å²) in [5.41, 5.74) is -0.257. The van der Waals surface area contributed by atoms with Gasteiger partial charge in [0.05, 0.1) is 6.61 Å².